The van der Waals surface area contributed by atoms with Gasteiger partial charge in [0.1, 0.15) is 11.5 Å². The molecule has 18 heavy (non-hydrogen) atoms. The van der Waals surface area contributed by atoms with E-state index >= 15 is 0 Å². The zero-order chi connectivity index (χ0) is 12.7. The lowest BCUT2D eigenvalue weighted by molar-refractivity contribution is 0.994. The lowest BCUT2D eigenvalue weighted by atomic mass is 10.2. The molecule has 3 heterocycles. The van der Waals surface area contributed by atoms with Crippen molar-refractivity contribution in [3.05, 3.63) is 35.1 Å². The van der Waals surface area contributed by atoms with Crippen LogP contribution in [0.3, 0.4) is 0 Å². The number of fused-ring (bicyclic) bond motifs is 1. The van der Waals surface area contributed by atoms with E-state index in [2.05, 4.69) is 28.2 Å². The van der Waals surface area contributed by atoms with Gasteiger partial charge in [-0.2, -0.15) is 0 Å². The first-order valence-electron chi connectivity index (χ1n) is 5.89. The fraction of sp³-hybridized carbons (Fsp3) is 0.231. The molecule has 0 aliphatic heterocycles. The zero-order valence-electron chi connectivity index (χ0n) is 10.3. The van der Waals surface area contributed by atoms with E-state index in [0.29, 0.717) is 0 Å². The zero-order valence-corrected chi connectivity index (χ0v) is 11.2. The maximum atomic E-state index is 6.25. The van der Waals surface area contributed by atoms with E-state index in [0.717, 1.165) is 28.5 Å². The molecule has 0 bridgehead atoms. The van der Waals surface area contributed by atoms with Crippen molar-refractivity contribution in [1.82, 2.24) is 14.4 Å². The van der Waals surface area contributed by atoms with Gasteiger partial charge in [0, 0.05) is 28.5 Å². The third kappa shape index (κ3) is 1.51. The minimum Gasteiger partial charge on any atom is -0.383 e. The van der Waals surface area contributed by atoms with Gasteiger partial charge in [-0.25, -0.2) is 4.98 Å². The highest BCUT2D eigenvalue weighted by molar-refractivity contribution is 7.17. The second-order valence-electron chi connectivity index (χ2n) is 4.16. The first-order chi connectivity index (χ1) is 8.72. The Bertz CT molecular complexity index is 697. The number of pyridine rings is 1. The van der Waals surface area contributed by atoms with E-state index < -0.39 is 0 Å². The molecule has 0 radical (unpaired) electrons. The van der Waals surface area contributed by atoms with Gasteiger partial charge in [0.25, 0.3) is 0 Å². The average Bonchev–Trinajstić information content (AvgIpc) is 2.87. The van der Waals surface area contributed by atoms with E-state index in [1.54, 1.807) is 23.7 Å². The number of aryl methyl sites for hydroxylation is 2. The highest BCUT2D eigenvalue weighted by Crippen LogP contribution is 2.32. The molecule has 0 saturated carbocycles. The summed E-state index contributed by atoms with van der Waals surface area (Å²) in [5.41, 5.74) is 9.36. The van der Waals surface area contributed by atoms with Crippen LogP contribution in [0, 0.1) is 6.92 Å². The van der Waals surface area contributed by atoms with Crippen LogP contribution in [-0.2, 0) is 6.42 Å². The van der Waals surface area contributed by atoms with E-state index in [1.807, 2.05) is 12.1 Å². The van der Waals surface area contributed by atoms with Gasteiger partial charge in [-0.1, -0.05) is 6.92 Å². The molecule has 5 heteroatoms. The van der Waals surface area contributed by atoms with Crippen LogP contribution in [0.2, 0.25) is 0 Å². The molecule has 0 saturated heterocycles. The normalized spacial score (nSPS) is 11.2. The van der Waals surface area contributed by atoms with Crippen LogP contribution in [0.5, 0.6) is 0 Å². The van der Waals surface area contributed by atoms with Crippen LogP contribution in [0.15, 0.2) is 24.5 Å². The topological polar surface area (TPSA) is 56.2 Å². The lowest BCUT2D eigenvalue weighted by Gasteiger charge is -2.01. The van der Waals surface area contributed by atoms with Gasteiger partial charge in [-0.05, 0) is 25.5 Å². The second kappa shape index (κ2) is 4.10. The Morgan fingerprint density at radius 1 is 1.33 bits per heavy atom. The largest absolute Gasteiger partial charge is 0.383 e. The average molecular weight is 258 g/mol. The molecule has 0 atom stereocenters. The summed E-state index contributed by atoms with van der Waals surface area (Å²) in [7, 11) is 0. The molecule has 2 N–H and O–H groups in total. The molecule has 92 valence electrons. The van der Waals surface area contributed by atoms with Gasteiger partial charge in [0.2, 0.25) is 0 Å². The number of hydrogen-bond acceptors (Lipinski definition) is 4. The Kier molecular flexibility index (Phi) is 2.56. The molecule has 0 spiro atoms. The predicted octanol–water partition coefficient (Wildman–Crippen LogP) is 2.91. The van der Waals surface area contributed by atoms with Crippen molar-refractivity contribution in [2.45, 2.75) is 20.3 Å². The van der Waals surface area contributed by atoms with Crippen LogP contribution < -0.4 is 5.73 Å². The summed E-state index contributed by atoms with van der Waals surface area (Å²) in [6, 6.07) is 3.86. The highest BCUT2D eigenvalue weighted by atomic mass is 32.1. The van der Waals surface area contributed by atoms with E-state index in [4.69, 9.17) is 5.73 Å². The molecule has 4 nitrogen and oxygen atoms in total. The monoisotopic (exact) mass is 258 g/mol. The summed E-state index contributed by atoms with van der Waals surface area (Å²) in [4.78, 5) is 10.9. The summed E-state index contributed by atoms with van der Waals surface area (Å²) in [5, 5.41) is 0. The maximum Gasteiger partial charge on any atom is 0.196 e. The van der Waals surface area contributed by atoms with Crippen LogP contribution in [0.25, 0.3) is 16.2 Å². The Hall–Kier alpha value is -1.88. The first-order valence-corrected chi connectivity index (χ1v) is 6.70. The minimum atomic E-state index is 0.720. The molecular weight excluding hydrogens is 244 g/mol. The summed E-state index contributed by atoms with van der Waals surface area (Å²) in [6.07, 6.45) is 4.48. The molecule has 3 aromatic rings. The van der Waals surface area contributed by atoms with Gasteiger partial charge in [0.05, 0.1) is 0 Å². The van der Waals surface area contributed by atoms with Crippen molar-refractivity contribution >= 4 is 22.1 Å². The third-order valence-corrected chi connectivity index (χ3v) is 4.09. The lowest BCUT2D eigenvalue weighted by Crippen LogP contribution is -1.98. The minimum absolute atomic E-state index is 0.720. The second-order valence-corrected chi connectivity index (χ2v) is 5.34. The molecule has 0 aromatic carbocycles. The SMILES string of the molecule is CCc1c(C)sc2nc(-c3ccncc3)c(N)n12. The van der Waals surface area contributed by atoms with Crippen molar-refractivity contribution in [3.8, 4) is 11.3 Å². The van der Waals surface area contributed by atoms with E-state index in [9.17, 15) is 0 Å². The van der Waals surface area contributed by atoms with Crippen LogP contribution >= 0.6 is 11.3 Å². The number of aromatic nitrogens is 3. The standard InChI is InChI=1S/C13H14N4S/c1-3-10-8(2)18-13-16-11(12(14)17(10)13)9-4-6-15-7-5-9/h4-7H,3,14H2,1-2H3. The molecule has 0 aliphatic carbocycles. The van der Waals surface area contributed by atoms with Crippen LogP contribution in [-0.4, -0.2) is 14.4 Å². The van der Waals surface area contributed by atoms with Crippen molar-refractivity contribution in [2.24, 2.45) is 0 Å². The third-order valence-electron chi connectivity index (χ3n) is 3.09. The molecule has 0 amide bonds. The van der Waals surface area contributed by atoms with Gasteiger partial charge >= 0.3 is 0 Å². The molecule has 3 rings (SSSR count). The van der Waals surface area contributed by atoms with Crippen molar-refractivity contribution in [2.75, 3.05) is 5.73 Å². The Balaban J connectivity index is 2.28. The number of nitrogen functional groups attached to an aromatic ring is 1. The molecule has 0 aliphatic rings. The number of anilines is 1. The summed E-state index contributed by atoms with van der Waals surface area (Å²) in [5.74, 6) is 0.720. The smallest absolute Gasteiger partial charge is 0.196 e. The molecular formula is C13H14N4S. The van der Waals surface area contributed by atoms with Crippen LogP contribution in [0.1, 0.15) is 17.5 Å². The van der Waals surface area contributed by atoms with Crippen molar-refractivity contribution in [1.29, 1.82) is 0 Å². The number of hydrogen-bond donors (Lipinski definition) is 1. The molecule has 0 fully saturated rings. The number of nitrogens with two attached hydrogens (primary N) is 1. The van der Waals surface area contributed by atoms with Crippen LogP contribution in [0.4, 0.5) is 5.82 Å². The molecule has 0 unspecified atom stereocenters. The maximum absolute atomic E-state index is 6.25. The molecule has 3 aromatic heterocycles. The Labute approximate surface area is 109 Å². The van der Waals surface area contributed by atoms with Gasteiger partial charge < -0.3 is 5.73 Å². The number of nitrogens with zero attached hydrogens (tertiary/aromatic N) is 3. The summed E-state index contributed by atoms with van der Waals surface area (Å²) >= 11 is 1.69. The van der Waals surface area contributed by atoms with Gasteiger partial charge in [0.15, 0.2) is 4.96 Å². The fourth-order valence-electron chi connectivity index (χ4n) is 2.22. The summed E-state index contributed by atoms with van der Waals surface area (Å²) in [6.45, 7) is 4.25. The predicted molar refractivity (Wildman–Crippen MR) is 74.8 cm³/mol. The number of imidazole rings is 1. The number of rotatable bonds is 2. The fourth-order valence-corrected chi connectivity index (χ4v) is 3.29. The van der Waals surface area contributed by atoms with Crippen molar-refractivity contribution in [3.63, 3.8) is 0 Å². The van der Waals surface area contributed by atoms with E-state index in [1.165, 1.54) is 10.6 Å². The van der Waals surface area contributed by atoms with Crippen molar-refractivity contribution < 1.29 is 0 Å². The summed E-state index contributed by atoms with van der Waals surface area (Å²) < 4.78 is 2.07. The highest BCUT2D eigenvalue weighted by Gasteiger charge is 2.16. The van der Waals surface area contributed by atoms with Gasteiger partial charge in [-0.15, -0.1) is 11.3 Å². The quantitative estimate of drug-likeness (QED) is 0.769. The van der Waals surface area contributed by atoms with E-state index in [-0.39, 0.29) is 0 Å². The first kappa shape index (κ1) is 11.2. The van der Waals surface area contributed by atoms with Gasteiger partial charge in [-0.3, -0.25) is 9.38 Å². The Morgan fingerprint density at radius 2 is 2.06 bits per heavy atom. The Morgan fingerprint density at radius 3 is 2.72 bits per heavy atom. The number of thiazole rings is 1.